The van der Waals surface area contributed by atoms with Crippen molar-refractivity contribution in [2.75, 3.05) is 17.3 Å². The SMILES string of the molecule is CCC(CCc1ccc(S(C)=O)cc1)Nc1nc(C)nc(N)n1. The van der Waals surface area contributed by atoms with Crippen molar-refractivity contribution < 1.29 is 4.21 Å². The van der Waals surface area contributed by atoms with Crippen LogP contribution in [0.4, 0.5) is 11.9 Å². The largest absolute Gasteiger partial charge is 0.368 e. The molecule has 0 aliphatic carbocycles. The lowest BCUT2D eigenvalue weighted by Gasteiger charge is -2.17. The fourth-order valence-electron chi connectivity index (χ4n) is 2.32. The van der Waals surface area contributed by atoms with E-state index in [1.165, 1.54) is 5.56 Å². The van der Waals surface area contributed by atoms with Gasteiger partial charge >= 0.3 is 0 Å². The highest BCUT2D eigenvalue weighted by Gasteiger charge is 2.10. The number of nitrogens with one attached hydrogen (secondary N) is 1. The Bertz CT molecular complexity index is 654. The molecule has 0 saturated carbocycles. The van der Waals surface area contributed by atoms with Crippen molar-refractivity contribution in [1.29, 1.82) is 0 Å². The van der Waals surface area contributed by atoms with Crippen LogP contribution in [-0.4, -0.2) is 31.5 Å². The van der Waals surface area contributed by atoms with Crippen molar-refractivity contribution in [2.24, 2.45) is 0 Å². The van der Waals surface area contributed by atoms with Crippen molar-refractivity contribution in [3.8, 4) is 0 Å². The highest BCUT2D eigenvalue weighted by Crippen LogP contribution is 2.14. The first-order valence-corrected chi connectivity index (χ1v) is 9.20. The molecule has 124 valence electrons. The highest BCUT2D eigenvalue weighted by molar-refractivity contribution is 7.84. The molecular weight excluding hydrogens is 310 g/mol. The second-order valence-electron chi connectivity index (χ2n) is 5.45. The maximum Gasteiger partial charge on any atom is 0.227 e. The molecule has 1 aromatic heterocycles. The van der Waals surface area contributed by atoms with Gasteiger partial charge in [-0.1, -0.05) is 19.1 Å². The van der Waals surface area contributed by atoms with Crippen molar-refractivity contribution in [3.05, 3.63) is 35.7 Å². The lowest BCUT2D eigenvalue weighted by Crippen LogP contribution is -2.21. The summed E-state index contributed by atoms with van der Waals surface area (Å²) in [4.78, 5) is 13.2. The van der Waals surface area contributed by atoms with Crippen LogP contribution in [0.1, 0.15) is 31.2 Å². The van der Waals surface area contributed by atoms with Gasteiger partial charge in [-0.05, 0) is 43.9 Å². The zero-order valence-corrected chi connectivity index (χ0v) is 14.6. The Kier molecular flexibility index (Phi) is 6.04. The van der Waals surface area contributed by atoms with Crippen LogP contribution >= 0.6 is 0 Å². The maximum atomic E-state index is 11.4. The van der Waals surface area contributed by atoms with E-state index in [4.69, 9.17) is 5.73 Å². The van der Waals surface area contributed by atoms with E-state index in [1.807, 2.05) is 24.3 Å². The second-order valence-corrected chi connectivity index (χ2v) is 6.83. The second kappa shape index (κ2) is 8.01. The summed E-state index contributed by atoms with van der Waals surface area (Å²) < 4.78 is 11.4. The van der Waals surface area contributed by atoms with Crippen molar-refractivity contribution >= 4 is 22.7 Å². The molecule has 2 rings (SSSR count). The molecule has 1 aromatic carbocycles. The van der Waals surface area contributed by atoms with Crippen LogP contribution in [0.15, 0.2) is 29.2 Å². The third-order valence-corrected chi connectivity index (χ3v) is 4.56. The monoisotopic (exact) mass is 333 g/mol. The van der Waals surface area contributed by atoms with Crippen LogP contribution in [-0.2, 0) is 17.2 Å². The first kappa shape index (κ1) is 17.3. The van der Waals surface area contributed by atoms with E-state index in [9.17, 15) is 4.21 Å². The van der Waals surface area contributed by atoms with Gasteiger partial charge in [0.25, 0.3) is 0 Å². The Balaban J connectivity index is 1.95. The number of rotatable bonds is 7. The van der Waals surface area contributed by atoms with E-state index in [0.717, 1.165) is 24.2 Å². The quantitative estimate of drug-likeness (QED) is 0.807. The molecular formula is C16H23N5OS. The Labute approximate surface area is 139 Å². The van der Waals surface area contributed by atoms with Crippen LogP contribution in [0.3, 0.4) is 0 Å². The first-order valence-electron chi connectivity index (χ1n) is 7.65. The summed E-state index contributed by atoms with van der Waals surface area (Å²) in [5, 5.41) is 3.32. The smallest absolute Gasteiger partial charge is 0.227 e. The highest BCUT2D eigenvalue weighted by atomic mass is 32.2. The van der Waals surface area contributed by atoms with Gasteiger partial charge in [-0.2, -0.15) is 15.0 Å². The number of aromatic nitrogens is 3. The van der Waals surface area contributed by atoms with Crippen molar-refractivity contribution in [2.45, 2.75) is 44.0 Å². The topological polar surface area (TPSA) is 93.8 Å². The fourth-order valence-corrected chi connectivity index (χ4v) is 2.84. The van der Waals surface area contributed by atoms with E-state index >= 15 is 0 Å². The number of benzene rings is 1. The van der Waals surface area contributed by atoms with Gasteiger partial charge in [0.2, 0.25) is 11.9 Å². The minimum Gasteiger partial charge on any atom is -0.368 e. The molecule has 23 heavy (non-hydrogen) atoms. The van der Waals surface area contributed by atoms with Gasteiger partial charge in [-0.3, -0.25) is 4.21 Å². The normalized spacial score (nSPS) is 13.5. The fraction of sp³-hybridized carbons (Fsp3) is 0.438. The first-order chi connectivity index (χ1) is 11.0. The molecule has 1 heterocycles. The van der Waals surface area contributed by atoms with Gasteiger partial charge in [0, 0.05) is 28.0 Å². The van der Waals surface area contributed by atoms with E-state index in [-0.39, 0.29) is 12.0 Å². The van der Waals surface area contributed by atoms with Crippen LogP contribution in [0.2, 0.25) is 0 Å². The molecule has 0 saturated heterocycles. The predicted molar refractivity (Wildman–Crippen MR) is 93.8 cm³/mol. The number of nitrogens with zero attached hydrogens (tertiary/aromatic N) is 3. The zero-order chi connectivity index (χ0) is 16.8. The number of nitrogens with two attached hydrogens (primary N) is 1. The molecule has 0 radical (unpaired) electrons. The Morgan fingerprint density at radius 1 is 1.22 bits per heavy atom. The summed E-state index contributed by atoms with van der Waals surface area (Å²) >= 11 is 0. The molecule has 0 aliphatic heterocycles. The molecule has 0 aliphatic rings. The van der Waals surface area contributed by atoms with E-state index < -0.39 is 10.8 Å². The third-order valence-electron chi connectivity index (χ3n) is 3.63. The molecule has 0 spiro atoms. The molecule has 0 bridgehead atoms. The number of aryl methyl sites for hydroxylation is 2. The van der Waals surface area contributed by atoms with Crippen molar-refractivity contribution in [3.63, 3.8) is 0 Å². The van der Waals surface area contributed by atoms with E-state index in [1.54, 1.807) is 13.2 Å². The van der Waals surface area contributed by atoms with E-state index in [0.29, 0.717) is 11.8 Å². The van der Waals surface area contributed by atoms with Crippen LogP contribution < -0.4 is 11.1 Å². The average molecular weight is 333 g/mol. The van der Waals surface area contributed by atoms with Crippen LogP contribution in [0.25, 0.3) is 0 Å². The predicted octanol–water partition coefficient (Wildman–Crippen LogP) is 2.32. The summed E-state index contributed by atoms with van der Waals surface area (Å²) in [6.07, 6.45) is 4.54. The van der Waals surface area contributed by atoms with Gasteiger partial charge in [0.05, 0.1) is 0 Å². The molecule has 0 fully saturated rings. The Morgan fingerprint density at radius 2 is 1.91 bits per heavy atom. The van der Waals surface area contributed by atoms with Crippen LogP contribution in [0.5, 0.6) is 0 Å². The van der Waals surface area contributed by atoms with Crippen LogP contribution in [0, 0.1) is 6.92 Å². The van der Waals surface area contributed by atoms with Crippen molar-refractivity contribution in [1.82, 2.24) is 15.0 Å². The summed E-state index contributed by atoms with van der Waals surface area (Å²) in [7, 11) is -0.929. The summed E-state index contributed by atoms with van der Waals surface area (Å²) in [5.74, 6) is 1.37. The number of hydrogen-bond donors (Lipinski definition) is 2. The molecule has 7 heteroatoms. The third kappa shape index (κ3) is 5.28. The molecule has 2 aromatic rings. The molecule has 6 nitrogen and oxygen atoms in total. The molecule has 2 unspecified atom stereocenters. The zero-order valence-electron chi connectivity index (χ0n) is 13.7. The minimum atomic E-state index is -0.929. The van der Waals surface area contributed by atoms with Gasteiger partial charge < -0.3 is 11.1 Å². The molecule has 2 atom stereocenters. The maximum absolute atomic E-state index is 11.4. The lowest BCUT2D eigenvalue weighted by atomic mass is 10.0. The number of hydrogen-bond acceptors (Lipinski definition) is 6. The number of nitrogen functional groups attached to an aromatic ring is 1. The Morgan fingerprint density at radius 3 is 2.48 bits per heavy atom. The van der Waals surface area contributed by atoms with Gasteiger partial charge in [0.15, 0.2) is 0 Å². The summed E-state index contributed by atoms with van der Waals surface area (Å²) in [6.45, 7) is 3.92. The van der Waals surface area contributed by atoms with Gasteiger partial charge in [0.1, 0.15) is 5.82 Å². The van der Waals surface area contributed by atoms with E-state index in [2.05, 4.69) is 27.2 Å². The Hall–Kier alpha value is -2.02. The number of anilines is 2. The standard InChI is InChI=1S/C16H23N5OS/c1-4-13(20-16-19-11(2)18-15(17)21-16)8-5-12-6-9-14(10-7-12)23(3)22/h6-7,9-10,13H,4-5,8H2,1-3H3,(H3,17,18,19,20,21). The minimum absolute atomic E-state index is 0.234. The molecule has 3 N–H and O–H groups in total. The summed E-state index contributed by atoms with van der Waals surface area (Å²) in [5.41, 5.74) is 6.88. The van der Waals surface area contributed by atoms with Gasteiger partial charge in [-0.25, -0.2) is 0 Å². The van der Waals surface area contributed by atoms with Gasteiger partial charge in [-0.15, -0.1) is 0 Å². The molecule has 0 amide bonds. The average Bonchev–Trinajstić information content (AvgIpc) is 2.50. The summed E-state index contributed by atoms with van der Waals surface area (Å²) in [6, 6.07) is 8.19. The lowest BCUT2D eigenvalue weighted by molar-refractivity contribution is 0.627.